The summed E-state index contributed by atoms with van der Waals surface area (Å²) in [6.07, 6.45) is -7.20. The normalized spacial score (nSPS) is 14.2. The van der Waals surface area contributed by atoms with Crippen LogP contribution in [0.2, 0.25) is 0 Å². The number of allylic oxidation sites excluding steroid dienone is 2. The number of alkyl halides is 6. The quantitative estimate of drug-likeness (QED) is 0.201. The largest absolute Gasteiger partial charge is 0.480 e. The Morgan fingerprint density at radius 3 is 2.16 bits per heavy atom. The van der Waals surface area contributed by atoms with Gasteiger partial charge < -0.3 is 9.47 Å². The van der Waals surface area contributed by atoms with E-state index in [0.717, 1.165) is 25.4 Å². The Kier molecular flexibility index (Phi) is 8.07. The Labute approximate surface area is 180 Å². The molecule has 32 heavy (non-hydrogen) atoms. The Morgan fingerprint density at radius 2 is 1.69 bits per heavy atom. The van der Waals surface area contributed by atoms with Crippen LogP contribution in [0.25, 0.3) is 0 Å². The first-order chi connectivity index (χ1) is 15.0. The SMILES string of the molecule is CC/C=C(Oc1ccccc1)/C(=C(\N=C(C)c1ccc(C(F)(F)F)nc1)OC)C(F)(F)F. The van der Waals surface area contributed by atoms with Gasteiger partial charge in [0.25, 0.3) is 0 Å². The average Bonchev–Trinajstić information content (AvgIpc) is 2.72. The van der Waals surface area contributed by atoms with E-state index in [1.807, 2.05) is 0 Å². The second-order valence-electron chi connectivity index (χ2n) is 6.40. The lowest BCUT2D eigenvalue weighted by Crippen LogP contribution is -2.20. The van der Waals surface area contributed by atoms with Gasteiger partial charge in [0.2, 0.25) is 5.88 Å². The van der Waals surface area contributed by atoms with Crippen molar-refractivity contribution in [2.75, 3.05) is 7.11 Å². The minimum atomic E-state index is -4.90. The standard InChI is InChI=1S/C22H20F6N2O2/c1-4-8-17(32-16-9-6-5-7-10-16)19(22(26,27)28)20(31-3)30-14(2)15-11-12-18(29-13-15)21(23,24)25/h5-13H,4H2,1-3H3/b17-8-,20-19-,30-14?. The maximum atomic E-state index is 14.0. The number of aromatic nitrogens is 1. The van der Waals surface area contributed by atoms with Crippen LogP contribution in [-0.2, 0) is 10.9 Å². The van der Waals surface area contributed by atoms with Gasteiger partial charge in [-0.05, 0) is 43.7 Å². The van der Waals surface area contributed by atoms with Gasteiger partial charge in [-0.2, -0.15) is 26.3 Å². The first kappa shape index (κ1) is 25.0. The van der Waals surface area contributed by atoms with E-state index in [4.69, 9.17) is 9.47 Å². The van der Waals surface area contributed by atoms with Crippen LogP contribution >= 0.6 is 0 Å². The predicted octanol–water partition coefficient (Wildman–Crippen LogP) is 6.70. The minimum absolute atomic E-state index is 0.0274. The van der Waals surface area contributed by atoms with E-state index in [-0.39, 0.29) is 23.4 Å². The molecule has 2 rings (SSSR count). The van der Waals surface area contributed by atoms with Crippen molar-refractivity contribution in [2.45, 2.75) is 32.6 Å². The molecule has 1 heterocycles. The zero-order valence-corrected chi connectivity index (χ0v) is 17.4. The van der Waals surface area contributed by atoms with E-state index in [1.54, 1.807) is 25.1 Å². The van der Waals surface area contributed by atoms with Gasteiger partial charge in [0.05, 0.1) is 12.8 Å². The second kappa shape index (κ2) is 10.3. The number of ether oxygens (including phenoxy) is 2. The molecule has 1 aromatic heterocycles. The third-order valence-electron chi connectivity index (χ3n) is 4.04. The van der Waals surface area contributed by atoms with Gasteiger partial charge >= 0.3 is 12.4 Å². The molecule has 0 aliphatic rings. The van der Waals surface area contributed by atoms with Crippen molar-refractivity contribution in [1.29, 1.82) is 0 Å². The van der Waals surface area contributed by atoms with Crippen molar-refractivity contribution in [3.8, 4) is 5.75 Å². The molecule has 0 radical (unpaired) electrons. The van der Waals surface area contributed by atoms with Crippen molar-refractivity contribution in [2.24, 2.45) is 4.99 Å². The summed E-state index contributed by atoms with van der Waals surface area (Å²) in [7, 11) is 1.01. The zero-order chi connectivity index (χ0) is 23.9. The summed E-state index contributed by atoms with van der Waals surface area (Å²) in [5, 5.41) is 0. The molecule has 172 valence electrons. The van der Waals surface area contributed by atoms with E-state index < -0.39 is 35.3 Å². The molecule has 0 aliphatic heterocycles. The fraction of sp³-hybridized carbons (Fsp3) is 0.273. The van der Waals surface area contributed by atoms with E-state index >= 15 is 0 Å². The summed E-state index contributed by atoms with van der Waals surface area (Å²) in [6.45, 7) is 2.97. The first-order valence-corrected chi connectivity index (χ1v) is 9.35. The zero-order valence-electron chi connectivity index (χ0n) is 17.4. The first-order valence-electron chi connectivity index (χ1n) is 9.35. The number of hydrogen-bond acceptors (Lipinski definition) is 4. The number of pyridine rings is 1. The molecule has 0 amide bonds. The van der Waals surface area contributed by atoms with Gasteiger partial charge in [0.15, 0.2) is 5.57 Å². The number of methoxy groups -OCH3 is 1. The third-order valence-corrected chi connectivity index (χ3v) is 4.04. The Hall–Kier alpha value is -3.30. The maximum Gasteiger partial charge on any atom is 0.433 e. The van der Waals surface area contributed by atoms with Crippen LogP contribution in [-0.4, -0.2) is 24.0 Å². The number of halogens is 6. The van der Waals surface area contributed by atoms with Crippen LogP contribution in [0.1, 0.15) is 31.5 Å². The van der Waals surface area contributed by atoms with Crippen LogP contribution in [0.3, 0.4) is 0 Å². The molecule has 0 unspecified atom stereocenters. The van der Waals surface area contributed by atoms with Crippen molar-refractivity contribution in [1.82, 2.24) is 4.98 Å². The van der Waals surface area contributed by atoms with Crippen molar-refractivity contribution < 1.29 is 35.8 Å². The summed E-state index contributed by atoms with van der Waals surface area (Å²) in [5.74, 6) is -1.13. The molecular formula is C22H20F6N2O2. The summed E-state index contributed by atoms with van der Waals surface area (Å²) in [5.41, 5.74) is -2.32. The Bertz CT molecular complexity index is 992. The monoisotopic (exact) mass is 458 g/mol. The van der Waals surface area contributed by atoms with Crippen LogP contribution in [0.4, 0.5) is 26.3 Å². The number of rotatable bonds is 7. The molecule has 0 bridgehead atoms. The van der Waals surface area contributed by atoms with Crippen molar-refractivity contribution in [3.05, 3.63) is 83.2 Å². The highest BCUT2D eigenvalue weighted by atomic mass is 19.4. The summed E-state index contributed by atoms with van der Waals surface area (Å²) >= 11 is 0. The smallest absolute Gasteiger partial charge is 0.433 e. The predicted molar refractivity (Wildman–Crippen MR) is 107 cm³/mol. The lowest BCUT2D eigenvalue weighted by atomic mass is 10.1. The number of nitrogens with zero attached hydrogens (tertiary/aromatic N) is 2. The number of aliphatic imine (C=N–C) groups is 1. The van der Waals surface area contributed by atoms with Gasteiger partial charge in [-0.1, -0.05) is 25.1 Å². The van der Waals surface area contributed by atoms with Gasteiger partial charge in [-0.3, -0.25) is 4.98 Å². The van der Waals surface area contributed by atoms with Crippen LogP contribution < -0.4 is 4.74 Å². The van der Waals surface area contributed by atoms with Gasteiger partial charge in [0, 0.05) is 11.8 Å². The second-order valence-corrected chi connectivity index (χ2v) is 6.40. The molecule has 0 atom stereocenters. The number of benzene rings is 1. The maximum absolute atomic E-state index is 14.0. The van der Waals surface area contributed by atoms with Crippen molar-refractivity contribution >= 4 is 5.71 Å². The van der Waals surface area contributed by atoms with Crippen LogP contribution in [0.15, 0.2) is 76.9 Å². The topological polar surface area (TPSA) is 43.7 Å². The average molecular weight is 458 g/mol. The summed E-state index contributed by atoms with van der Waals surface area (Å²) < 4.78 is 90.5. The Morgan fingerprint density at radius 1 is 1.03 bits per heavy atom. The molecule has 0 aliphatic carbocycles. The molecule has 2 aromatic rings. The molecule has 0 N–H and O–H groups in total. The van der Waals surface area contributed by atoms with Gasteiger partial charge in [-0.25, -0.2) is 4.99 Å². The van der Waals surface area contributed by atoms with E-state index in [1.165, 1.54) is 25.1 Å². The van der Waals surface area contributed by atoms with Gasteiger partial charge in [-0.15, -0.1) is 0 Å². The highest BCUT2D eigenvalue weighted by Gasteiger charge is 2.41. The van der Waals surface area contributed by atoms with E-state index in [0.29, 0.717) is 0 Å². The molecule has 0 spiro atoms. The van der Waals surface area contributed by atoms with E-state index in [2.05, 4.69) is 9.98 Å². The molecule has 1 aromatic carbocycles. The van der Waals surface area contributed by atoms with Crippen LogP contribution in [0.5, 0.6) is 5.75 Å². The van der Waals surface area contributed by atoms with Gasteiger partial charge in [0.1, 0.15) is 17.2 Å². The molecule has 0 saturated carbocycles. The van der Waals surface area contributed by atoms with Crippen molar-refractivity contribution in [3.63, 3.8) is 0 Å². The highest BCUT2D eigenvalue weighted by molar-refractivity contribution is 5.99. The van der Waals surface area contributed by atoms with Crippen LogP contribution in [0, 0.1) is 0 Å². The Balaban J connectivity index is 2.56. The van der Waals surface area contributed by atoms with E-state index in [9.17, 15) is 26.3 Å². The molecule has 10 heteroatoms. The lowest BCUT2D eigenvalue weighted by molar-refractivity contribution is -0.141. The molecule has 4 nitrogen and oxygen atoms in total. The number of hydrogen-bond donors (Lipinski definition) is 0. The fourth-order valence-corrected chi connectivity index (χ4v) is 2.56. The fourth-order valence-electron chi connectivity index (χ4n) is 2.56. The summed E-state index contributed by atoms with van der Waals surface area (Å²) in [4.78, 5) is 7.18. The summed E-state index contributed by atoms with van der Waals surface area (Å²) in [6, 6.07) is 9.66. The molecule has 0 fully saturated rings. The lowest BCUT2D eigenvalue weighted by Gasteiger charge is -2.18. The molecule has 0 saturated heterocycles. The number of para-hydroxylation sites is 1. The minimum Gasteiger partial charge on any atom is -0.480 e. The molecular weight excluding hydrogens is 438 g/mol. The highest BCUT2D eigenvalue weighted by Crippen LogP contribution is 2.36. The third kappa shape index (κ3) is 6.60.